The van der Waals surface area contributed by atoms with Gasteiger partial charge in [0.1, 0.15) is 0 Å². The number of rotatable bonds is 3. The van der Waals surface area contributed by atoms with Gasteiger partial charge in [-0.2, -0.15) is 0 Å². The molecule has 2 heterocycles. The van der Waals surface area contributed by atoms with Crippen LogP contribution in [0.1, 0.15) is 30.0 Å². The molecule has 1 aromatic rings. The number of nitrogens with zero attached hydrogens (tertiary/aromatic N) is 2. The molecule has 0 atom stereocenters. The van der Waals surface area contributed by atoms with Crippen LogP contribution in [-0.2, 0) is 9.47 Å². The van der Waals surface area contributed by atoms with Crippen molar-refractivity contribution in [2.45, 2.75) is 20.1 Å². The molecule has 0 radical (unpaired) electrons. The molecule has 0 N–H and O–H groups in total. The van der Waals surface area contributed by atoms with Crippen LogP contribution in [0.15, 0.2) is 12.1 Å². The Kier molecular flexibility index (Phi) is 8.59. The number of alkyl halides is 2. The average molecular weight is 518 g/mol. The van der Waals surface area contributed by atoms with E-state index in [1.165, 1.54) is 2.43 Å². The Labute approximate surface area is 150 Å². The molecule has 0 aliphatic carbocycles. The summed E-state index contributed by atoms with van der Waals surface area (Å²) in [5, 5.41) is 11.0. The summed E-state index contributed by atoms with van der Waals surface area (Å²) in [5.41, 5.74) is 1.79. The second-order valence-corrected chi connectivity index (χ2v) is 8.48. The van der Waals surface area contributed by atoms with Crippen LogP contribution in [-0.4, -0.2) is 25.6 Å². The Hall–Kier alpha value is -0.330. The van der Waals surface area contributed by atoms with E-state index in [1.54, 1.807) is 25.1 Å². The lowest BCUT2D eigenvalue weighted by atomic mass is 10.1. The first-order valence-electron chi connectivity index (χ1n) is 6.18. The molecule has 21 heavy (non-hydrogen) atoms. The molecule has 0 amide bonds. The SMILES string of the molecule is C/C=C/c1cc(C)c(C2OCCO2)nc1[N+](=O)[O-].ICI. The molecule has 0 unspecified atom stereocenters. The van der Waals surface area contributed by atoms with Crippen LogP contribution in [0, 0.1) is 17.0 Å². The van der Waals surface area contributed by atoms with Crippen molar-refractivity contribution in [2.75, 3.05) is 15.6 Å². The molecule has 2 rings (SSSR count). The van der Waals surface area contributed by atoms with Gasteiger partial charge in [-0.3, -0.25) is 0 Å². The van der Waals surface area contributed by atoms with E-state index in [1.807, 2.05) is 6.92 Å². The molecule has 1 fully saturated rings. The van der Waals surface area contributed by atoms with E-state index in [0.29, 0.717) is 24.5 Å². The lowest BCUT2D eigenvalue weighted by molar-refractivity contribution is -0.390. The number of ether oxygens (including phenoxy) is 2. The summed E-state index contributed by atoms with van der Waals surface area (Å²) in [6.07, 6.45) is 2.81. The summed E-state index contributed by atoms with van der Waals surface area (Å²) >= 11 is 4.55. The number of hydrogen-bond acceptors (Lipinski definition) is 5. The van der Waals surface area contributed by atoms with Gasteiger partial charge in [-0.1, -0.05) is 57.3 Å². The minimum absolute atomic E-state index is 0.173. The number of pyridine rings is 1. The Morgan fingerprint density at radius 2 is 2.05 bits per heavy atom. The zero-order valence-corrected chi connectivity index (χ0v) is 16.0. The molecule has 116 valence electrons. The highest BCUT2D eigenvalue weighted by Gasteiger charge is 2.29. The summed E-state index contributed by atoms with van der Waals surface area (Å²) in [5.74, 6) is -0.173. The van der Waals surface area contributed by atoms with Gasteiger partial charge in [0.05, 0.1) is 21.2 Å². The van der Waals surface area contributed by atoms with Gasteiger partial charge in [-0.15, -0.1) is 0 Å². The van der Waals surface area contributed by atoms with Crippen LogP contribution < -0.4 is 0 Å². The fraction of sp³-hybridized carbons (Fsp3) is 0.462. The highest BCUT2D eigenvalue weighted by Crippen LogP contribution is 2.29. The van der Waals surface area contributed by atoms with Crippen LogP contribution in [0.2, 0.25) is 0 Å². The van der Waals surface area contributed by atoms with E-state index >= 15 is 0 Å². The van der Waals surface area contributed by atoms with Crippen molar-refractivity contribution in [3.05, 3.63) is 39.1 Å². The lowest BCUT2D eigenvalue weighted by Crippen LogP contribution is -2.07. The molecule has 0 bridgehead atoms. The van der Waals surface area contributed by atoms with Crippen LogP contribution in [0.4, 0.5) is 5.82 Å². The molecule has 6 nitrogen and oxygen atoms in total. The minimum atomic E-state index is -0.594. The maximum absolute atomic E-state index is 11.0. The van der Waals surface area contributed by atoms with Gasteiger partial charge < -0.3 is 19.6 Å². The van der Waals surface area contributed by atoms with Crippen molar-refractivity contribution in [1.82, 2.24) is 4.98 Å². The second kappa shape index (κ2) is 9.64. The summed E-state index contributed by atoms with van der Waals surface area (Å²) in [6, 6.07) is 1.73. The summed E-state index contributed by atoms with van der Waals surface area (Å²) in [4.78, 5) is 14.6. The monoisotopic (exact) mass is 518 g/mol. The quantitative estimate of drug-likeness (QED) is 0.260. The smallest absolute Gasteiger partial charge is 0.358 e. The molecule has 1 saturated heterocycles. The van der Waals surface area contributed by atoms with Gasteiger partial charge >= 0.3 is 5.82 Å². The molecule has 0 saturated carbocycles. The van der Waals surface area contributed by atoms with Gasteiger partial charge in [-0.25, -0.2) is 0 Å². The molecule has 1 aromatic heterocycles. The fourth-order valence-corrected chi connectivity index (χ4v) is 1.84. The summed E-state index contributed by atoms with van der Waals surface area (Å²) < 4.78 is 11.8. The standard InChI is InChI=1S/C12H14N2O4.CH2I2/c1-3-4-9-7-8(2)10(12-17-5-6-18-12)13-11(9)14(15)16;2-1-3/h3-4,7,12H,5-6H2,1-2H3;1H2/b4-3+;. The highest BCUT2D eigenvalue weighted by molar-refractivity contribution is 14.2. The third kappa shape index (κ3) is 5.42. The molecule has 0 spiro atoms. The maximum atomic E-state index is 11.0. The lowest BCUT2D eigenvalue weighted by Gasteiger charge is -2.08. The van der Waals surface area contributed by atoms with Crippen molar-refractivity contribution in [3.8, 4) is 0 Å². The van der Waals surface area contributed by atoms with Crippen molar-refractivity contribution >= 4 is 57.1 Å². The highest BCUT2D eigenvalue weighted by atomic mass is 127. The number of allylic oxidation sites excluding steroid dienone is 1. The Balaban J connectivity index is 0.000000677. The molecular formula is C13H16I2N2O4. The second-order valence-electron chi connectivity index (χ2n) is 4.03. The largest absolute Gasteiger partial charge is 0.371 e. The molecular weight excluding hydrogens is 502 g/mol. The Morgan fingerprint density at radius 1 is 1.48 bits per heavy atom. The Morgan fingerprint density at radius 3 is 2.52 bits per heavy atom. The Bertz CT molecular complexity index is 517. The van der Waals surface area contributed by atoms with Gasteiger partial charge in [0.2, 0.25) is 12.0 Å². The number of nitro groups is 1. The van der Waals surface area contributed by atoms with E-state index < -0.39 is 11.2 Å². The zero-order chi connectivity index (χ0) is 15.8. The van der Waals surface area contributed by atoms with E-state index in [9.17, 15) is 10.1 Å². The molecule has 0 aromatic carbocycles. The van der Waals surface area contributed by atoms with E-state index in [2.05, 4.69) is 50.2 Å². The minimum Gasteiger partial charge on any atom is -0.358 e. The first-order chi connectivity index (χ1) is 10.0. The third-order valence-electron chi connectivity index (χ3n) is 2.62. The van der Waals surface area contributed by atoms with Crippen LogP contribution >= 0.6 is 45.2 Å². The van der Waals surface area contributed by atoms with E-state index in [0.717, 1.165) is 5.56 Å². The predicted molar refractivity (Wildman–Crippen MR) is 97.9 cm³/mol. The van der Waals surface area contributed by atoms with E-state index in [-0.39, 0.29) is 5.82 Å². The normalized spacial score (nSPS) is 15.0. The number of aryl methyl sites for hydroxylation is 1. The van der Waals surface area contributed by atoms with Crippen LogP contribution in [0.5, 0.6) is 0 Å². The first-order valence-corrected chi connectivity index (χ1v) is 9.24. The number of halogens is 2. The van der Waals surface area contributed by atoms with Crippen molar-refractivity contribution < 1.29 is 14.4 Å². The van der Waals surface area contributed by atoms with Crippen molar-refractivity contribution in [1.29, 1.82) is 0 Å². The fourth-order valence-electron chi connectivity index (χ4n) is 1.84. The van der Waals surface area contributed by atoms with Crippen molar-refractivity contribution in [3.63, 3.8) is 0 Å². The molecule has 1 aliphatic heterocycles. The first kappa shape index (κ1) is 18.7. The number of aromatic nitrogens is 1. The van der Waals surface area contributed by atoms with Crippen LogP contribution in [0.25, 0.3) is 6.08 Å². The van der Waals surface area contributed by atoms with Crippen molar-refractivity contribution in [2.24, 2.45) is 0 Å². The van der Waals surface area contributed by atoms with Gasteiger partial charge in [-0.05, 0) is 29.8 Å². The summed E-state index contributed by atoms with van der Waals surface area (Å²) in [7, 11) is 0. The zero-order valence-electron chi connectivity index (χ0n) is 11.7. The van der Waals surface area contributed by atoms with Gasteiger partial charge in [0.15, 0.2) is 0 Å². The van der Waals surface area contributed by atoms with Gasteiger partial charge in [0.25, 0.3) is 0 Å². The van der Waals surface area contributed by atoms with Crippen LogP contribution in [0.3, 0.4) is 0 Å². The molecule has 1 aliphatic rings. The maximum Gasteiger partial charge on any atom is 0.371 e. The van der Waals surface area contributed by atoms with E-state index in [4.69, 9.17) is 9.47 Å². The number of hydrogen-bond donors (Lipinski definition) is 0. The third-order valence-corrected chi connectivity index (χ3v) is 2.62. The average Bonchev–Trinajstić information content (AvgIpc) is 2.93. The van der Waals surface area contributed by atoms with Gasteiger partial charge in [0, 0.05) is 5.56 Å². The topological polar surface area (TPSA) is 74.5 Å². The predicted octanol–water partition coefficient (Wildman–Crippen LogP) is 4.19. The summed E-state index contributed by atoms with van der Waals surface area (Å²) in [6.45, 7) is 4.60. The molecule has 8 heteroatoms.